The van der Waals surface area contributed by atoms with Gasteiger partial charge in [-0.25, -0.2) is 9.18 Å². The highest BCUT2D eigenvalue weighted by Gasteiger charge is 2.12. The fraction of sp³-hybridized carbons (Fsp3) is 0.235. The molecule has 3 nitrogen and oxygen atoms in total. The van der Waals surface area contributed by atoms with Gasteiger partial charge in [0.25, 0.3) is 0 Å². The molecule has 0 saturated heterocycles. The van der Waals surface area contributed by atoms with Crippen molar-refractivity contribution in [3.8, 4) is 16.9 Å². The fourth-order valence-electron chi connectivity index (χ4n) is 2.01. The third kappa shape index (κ3) is 3.60. The molecule has 0 saturated carbocycles. The number of hydrogen-bond donors (Lipinski definition) is 0. The van der Waals surface area contributed by atoms with Gasteiger partial charge in [-0.05, 0) is 49.7 Å². The molecule has 0 fully saturated rings. The molecule has 0 aromatic heterocycles. The van der Waals surface area contributed by atoms with Gasteiger partial charge in [0, 0.05) is 5.56 Å². The molecule has 2 aromatic rings. The van der Waals surface area contributed by atoms with Gasteiger partial charge in [0.2, 0.25) is 0 Å². The molecule has 0 radical (unpaired) electrons. The van der Waals surface area contributed by atoms with Crippen LogP contribution in [0, 0.1) is 5.82 Å². The number of halogens is 1. The summed E-state index contributed by atoms with van der Waals surface area (Å²) in [7, 11) is 0. The van der Waals surface area contributed by atoms with Crippen LogP contribution in [0.2, 0.25) is 0 Å². The van der Waals surface area contributed by atoms with Crippen LogP contribution in [0.3, 0.4) is 0 Å². The lowest BCUT2D eigenvalue weighted by Gasteiger charge is -2.12. The molecule has 0 aliphatic carbocycles. The summed E-state index contributed by atoms with van der Waals surface area (Å²) < 4.78 is 23.6. The van der Waals surface area contributed by atoms with Crippen LogP contribution in [0.25, 0.3) is 11.1 Å². The van der Waals surface area contributed by atoms with Gasteiger partial charge in [-0.1, -0.05) is 12.1 Å². The second kappa shape index (κ2) is 6.88. The van der Waals surface area contributed by atoms with E-state index in [-0.39, 0.29) is 11.8 Å². The van der Waals surface area contributed by atoms with E-state index in [2.05, 4.69) is 0 Å². The first-order valence-corrected chi connectivity index (χ1v) is 6.85. The van der Waals surface area contributed by atoms with Crippen LogP contribution in [-0.4, -0.2) is 19.2 Å². The Kier molecular flexibility index (Phi) is 4.93. The van der Waals surface area contributed by atoms with Crippen LogP contribution in [0.15, 0.2) is 42.5 Å². The highest BCUT2D eigenvalue weighted by molar-refractivity contribution is 5.91. The minimum Gasteiger partial charge on any atom is -0.493 e. The van der Waals surface area contributed by atoms with E-state index in [9.17, 15) is 9.18 Å². The predicted octanol–water partition coefficient (Wildman–Crippen LogP) is 4.07. The van der Waals surface area contributed by atoms with Crippen molar-refractivity contribution in [3.63, 3.8) is 0 Å². The van der Waals surface area contributed by atoms with Crippen LogP contribution < -0.4 is 4.74 Å². The maximum absolute atomic E-state index is 13.0. The molecule has 110 valence electrons. The van der Waals surface area contributed by atoms with E-state index in [1.807, 2.05) is 6.92 Å². The van der Waals surface area contributed by atoms with E-state index in [0.29, 0.717) is 24.5 Å². The summed E-state index contributed by atoms with van der Waals surface area (Å²) >= 11 is 0. The van der Waals surface area contributed by atoms with Crippen LogP contribution in [0.1, 0.15) is 24.2 Å². The van der Waals surface area contributed by atoms with Gasteiger partial charge in [-0.3, -0.25) is 0 Å². The Bertz CT molecular complexity index is 620. The second-order valence-corrected chi connectivity index (χ2v) is 4.37. The molecule has 0 heterocycles. The molecule has 0 bridgehead atoms. The first kappa shape index (κ1) is 15.0. The van der Waals surface area contributed by atoms with Crippen molar-refractivity contribution in [2.75, 3.05) is 13.2 Å². The number of rotatable bonds is 5. The lowest BCUT2D eigenvalue weighted by molar-refractivity contribution is 0.0526. The van der Waals surface area contributed by atoms with Crippen LogP contribution in [-0.2, 0) is 4.74 Å². The van der Waals surface area contributed by atoms with Crippen molar-refractivity contribution in [1.82, 2.24) is 0 Å². The Morgan fingerprint density at radius 3 is 2.38 bits per heavy atom. The van der Waals surface area contributed by atoms with Crippen LogP contribution in [0.4, 0.5) is 4.39 Å². The van der Waals surface area contributed by atoms with E-state index >= 15 is 0 Å². The second-order valence-electron chi connectivity index (χ2n) is 4.37. The summed E-state index contributed by atoms with van der Waals surface area (Å²) in [6.45, 7) is 4.42. The Hall–Kier alpha value is -2.36. The number of esters is 1. The Morgan fingerprint density at radius 2 is 1.76 bits per heavy atom. The zero-order valence-electron chi connectivity index (χ0n) is 12.1. The molecule has 0 aliphatic rings. The Labute approximate surface area is 123 Å². The quantitative estimate of drug-likeness (QED) is 0.778. The lowest BCUT2D eigenvalue weighted by Crippen LogP contribution is -2.05. The lowest BCUT2D eigenvalue weighted by atomic mass is 10.0. The predicted molar refractivity (Wildman–Crippen MR) is 79.0 cm³/mol. The minimum atomic E-state index is -0.385. The van der Waals surface area contributed by atoms with Gasteiger partial charge in [-0.2, -0.15) is 0 Å². The van der Waals surface area contributed by atoms with Crippen molar-refractivity contribution < 1.29 is 18.7 Å². The van der Waals surface area contributed by atoms with Crippen molar-refractivity contribution >= 4 is 5.97 Å². The monoisotopic (exact) mass is 288 g/mol. The number of carbonyl (C=O) groups excluding carboxylic acids is 1. The largest absolute Gasteiger partial charge is 0.493 e. The van der Waals surface area contributed by atoms with Crippen molar-refractivity contribution in [2.24, 2.45) is 0 Å². The first-order chi connectivity index (χ1) is 10.2. The minimum absolute atomic E-state index is 0.292. The molecule has 0 amide bonds. The zero-order chi connectivity index (χ0) is 15.2. The van der Waals surface area contributed by atoms with Gasteiger partial charge in [0.05, 0.1) is 18.8 Å². The highest BCUT2D eigenvalue weighted by Crippen LogP contribution is 2.31. The average Bonchev–Trinajstić information content (AvgIpc) is 2.49. The molecule has 0 N–H and O–H groups in total. The summed E-state index contributed by atoms with van der Waals surface area (Å²) in [5.74, 6) is -0.0985. The molecule has 0 atom stereocenters. The zero-order valence-corrected chi connectivity index (χ0v) is 12.1. The molecule has 0 unspecified atom stereocenters. The summed E-state index contributed by atoms with van der Waals surface area (Å²) in [6, 6.07) is 11.3. The van der Waals surface area contributed by atoms with Crippen LogP contribution in [0.5, 0.6) is 5.75 Å². The standard InChI is InChI=1S/C17H17FO3/c1-3-20-16-11-13(17(19)21-4-2)7-10-15(16)12-5-8-14(18)9-6-12/h5-11H,3-4H2,1-2H3. The van der Waals surface area contributed by atoms with Gasteiger partial charge in [0.1, 0.15) is 11.6 Å². The maximum atomic E-state index is 13.0. The van der Waals surface area contributed by atoms with Gasteiger partial charge in [0.15, 0.2) is 0 Å². The smallest absolute Gasteiger partial charge is 0.338 e. The van der Waals surface area contributed by atoms with Gasteiger partial charge < -0.3 is 9.47 Å². The maximum Gasteiger partial charge on any atom is 0.338 e. The van der Waals surface area contributed by atoms with Crippen molar-refractivity contribution in [2.45, 2.75) is 13.8 Å². The van der Waals surface area contributed by atoms with E-state index in [4.69, 9.17) is 9.47 Å². The van der Waals surface area contributed by atoms with E-state index in [0.717, 1.165) is 11.1 Å². The van der Waals surface area contributed by atoms with Gasteiger partial charge >= 0.3 is 5.97 Å². The van der Waals surface area contributed by atoms with Crippen molar-refractivity contribution in [1.29, 1.82) is 0 Å². The molecule has 2 rings (SSSR count). The van der Waals surface area contributed by atoms with E-state index < -0.39 is 0 Å². The number of benzene rings is 2. The molecule has 0 spiro atoms. The molecule has 2 aromatic carbocycles. The summed E-state index contributed by atoms with van der Waals surface area (Å²) in [5.41, 5.74) is 2.08. The molecular formula is C17H17FO3. The number of hydrogen-bond acceptors (Lipinski definition) is 3. The van der Waals surface area contributed by atoms with Crippen molar-refractivity contribution in [3.05, 3.63) is 53.8 Å². The number of ether oxygens (including phenoxy) is 2. The molecule has 0 aliphatic heterocycles. The summed E-state index contributed by atoms with van der Waals surface area (Å²) in [5, 5.41) is 0. The van der Waals surface area contributed by atoms with Gasteiger partial charge in [-0.15, -0.1) is 0 Å². The average molecular weight is 288 g/mol. The third-order valence-corrected chi connectivity index (χ3v) is 2.95. The molecule has 21 heavy (non-hydrogen) atoms. The highest BCUT2D eigenvalue weighted by atomic mass is 19.1. The third-order valence-electron chi connectivity index (χ3n) is 2.95. The van der Waals surface area contributed by atoms with E-state index in [1.54, 1.807) is 37.3 Å². The van der Waals surface area contributed by atoms with E-state index in [1.165, 1.54) is 12.1 Å². The summed E-state index contributed by atoms with van der Waals surface area (Å²) in [4.78, 5) is 11.8. The Balaban J connectivity index is 2.41. The number of carbonyl (C=O) groups is 1. The molecule has 4 heteroatoms. The molecular weight excluding hydrogens is 271 g/mol. The normalized spacial score (nSPS) is 10.2. The Morgan fingerprint density at radius 1 is 1.05 bits per heavy atom. The fourth-order valence-corrected chi connectivity index (χ4v) is 2.01. The SMILES string of the molecule is CCOC(=O)c1ccc(-c2ccc(F)cc2)c(OCC)c1. The topological polar surface area (TPSA) is 35.5 Å². The van der Waals surface area contributed by atoms with Crippen LogP contribution >= 0.6 is 0 Å². The first-order valence-electron chi connectivity index (χ1n) is 6.85. The summed E-state index contributed by atoms with van der Waals surface area (Å²) in [6.07, 6.45) is 0.